The van der Waals surface area contributed by atoms with Gasteiger partial charge in [-0.2, -0.15) is 0 Å². The van der Waals surface area contributed by atoms with Crippen LogP contribution < -0.4 is 9.46 Å². The predicted octanol–water partition coefficient (Wildman–Crippen LogP) is 5.87. The fourth-order valence-electron chi connectivity index (χ4n) is 9.64. The highest BCUT2D eigenvalue weighted by Crippen LogP contribution is 2.67. The molecular formula is C38H48N4O5S. The van der Waals surface area contributed by atoms with Crippen LogP contribution in [0.1, 0.15) is 99.0 Å². The van der Waals surface area contributed by atoms with E-state index in [0.29, 0.717) is 18.0 Å². The van der Waals surface area contributed by atoms with E-state index >= 15 is 0 Å². The Hall–Kier alpha value is -3.37. The Morgan fingerprint density at radius 3 is 2.44 bits per heavy atom. The van der Waals surface area contributed by atoms with Gasteiger partial charge in [0.05, 0.1) is 24.0 Å². The number of nitrogens with zero attached hydrogens (tertiary/aromatic N) is 3. The van der Waals surface area contributed by atoms with Crippen molar-refractivity contribution < 1.29 is 22.7 Å². The van der Waals surface area contributed by atoms with E-state index < -0.39 is 26.8 Å². The maximum Gasteiger partial charge on any atom is 0.264 e. The number of benzene rings is 2. The Kier molecular flexibility index (Phi) is 7.35. The van der Waals surface area contributed by atoms with Gasteiger partial charge >= 0.3 is 0 Å². The van der Waals surface area contributed by atoms with E-state index in [2.05, 4.69) is 38.3 Å². The highest BCUT2D eigenvalue weighted by molar-refractivity contribution is 7.90. The molecule has 2 bridgehead atoms. The van der Waals surface area contributed by atoms with Crippen molar-refractivity contribution >= 4 is 32.7 Å². The first kappa shape index (κ1) is 31.9. The Balaban J connectivity index is 1.29. The second kappa shape index (κ2) is 11.1. The van der Waals surface area contributed by atoms with Gasteiger partial charge in [0.1, 0.15) is 5.75 Å². The van der Waals surface area contributed by atoms with Gasteiger partial charge in [-0.3, -0.25) is 9.59 Å². The first-order valence-corrected chi connectivity index (χ1v) is 19.3. The number of rotatable bonds is 6. The number of methoxy groups -OCH3 is 1. The molecule has 1 aromatic heterocycles. The molecule has 1 N–H and O–H groups in total. The normalized spacial score (nSPS) is 26.9. The lowest BCUT2D eigenvalue weighted by atomic mass is 9.81. The molecule has 4 atom stereocenters. The van der Waals surface area contributed by atoms with Crippen LogP contribution in [0.4, 0.5) is 0 Å². The van der Waals surface area contributed by atoms with Crippen LogP contribution in [0.2, 0.25) is 0 Å². The number of piperidine rings is 1. The van der Waals surface area contributed by atoms with Crippen LogP contribution in [0.5, 0.6) is 5.75 Å². The van der Waals surface area contributed by atoms with Crippen molar-refractivity contribution in [1.82, 2.24) is 19.1 Å². The van der Waals surface area contributed by atoms with Gasteiger partial charge in [-0.25, -0.2) is 13.1 Å². The molecule has 0 spiro atoms. The third kappa shape index (κ3) is 5.16. The van der Waals surface area contributed by atoms with Crippen molar-refractivity contribution in [2.45, 2.75) is 96.2 Å². The number of likely N-dealkylation sites (N-methyl/N-ethyl adjacent to an activating group) is 1. The first-order chi connectivity index (χ1) is 22.8. The number of amides is 2. The van der Waals surface area contributed by atoms with Crippen LogP contribution in [-0.4, -0.2) is 79.7 Å². The monoisotopic (exact) mass is 672 g/mol. The van der Waals surface area contributed by atoms with E-state index in [0.717, 1.165) is 66.7 Å². The molecule has 256 valence electrons. The maximum absolute atomic E-state index is 14.8. The fourth-order valence-corrected chi connectivity index (χ4v) is 11.3. The summed E-state index contributed by atoms with van der Waals surface area (Å²) in [6, 6.07) is 12.5. The zero-order valence-corrected chi connectivity index (χ0v) is 29.7. The van der Waals surface area contributed by atoms with E-state index in [9.17, 15) is 18.0 Å². The van der Waals surface area contributed by atoms with Crippen LogP contribution in [0.3, 0.4) is 0 Å². The molecule has 9 nitrogen and oxygen atoms in total. The molecule has 2 saturated heterocycles. The molecule has 2 saturated carbocycles. The SMILES string of the molecule is COc1ccc2c(c1)C1CC1(C(=O)N1C3CC1CN(C)C3)Cn1c-2c(C2CCCCC2)c2ccc(C(=O)NS(=O)(=O)CC(C)(C)C)cc21. The topological polar surface area (TPSA) is 101 Å². The van der Waals surface area contributed by atoms with Gasteiger partial charge in [0.25, 0.3) is 5.91 Å². The van der Waals surface area contributed by atoms with Crippen LogP contribution in [0.25, 0.3) is 22.2 Å². The molecule has 0 radical (unpaired) electrons. The third-order valence-electron chi connectivity index (χ3n) is 11.7. The largest absolute Gasteiger partial charge is 0.497 e. The van der Waals surface area contributed by atoms with Crippen LogP contribution >= 0.6 is 0 Å². The number of hydrogen-bond donors (Lipinski definition) is 1. The van der Waals surface area contributed by atoms with Crippen molar-refractivity contribution in [2.75, 3.05) is 33.0 Å². The van der Waals surface area contributed by atoms with Gasteiger partial charge in [0.2, 0.25) is 15.9 Å². The molecule has 2 aliphatic carbocycles. The molecule has 10 heteroatoms. The van der Waals surface area contributed by atoms with Gasteiger partial charge in [-0.1, -0.05) is 46.1 Å². The standard InChI is InChI=1S/C38H48N4O5S/c1-37(2,3)22-48(45,46)39-35(43)24-11-13-29-32(15-24)41-21-38(36(44)42-25-16-26(42)20-40(4)19-25)18-31(38)30-17-27(47-5)12-14-28(30)34(41)33(29)23-9-7-6-8-10-23/h11-15,17,23,25-26,31H,6-10,16,18-22H2,1-5H3,(H,39,43). The lowest BCUT2D eigenvalue weighted by molar-refractivity contribution is -0.159. The van der Waals surface area contributed by atoms with E-state index in [4.69, 9.17) is 4.74 Å². The lowest BCUT2D eigenvalue weighted by Gasteiger charge is -2.56. The predicted molar refractivity (Wildman–Crippen MR) is 187 cm³/mol. The molecule has 2 amide bonds. The Morgan fingerprint density at radius 2 is 1.75 bits per heavy atom. The minimum Gasteiger partial charge on any atom is -0.497 e. The Bertz CT molecular complexity index is 1930. The molecule has 3 aromatic rings. The number of hydrogen-bond acceptors (Lipinski definition) is 6. The van der Waals surface area contributed by atoms with Gasteiger partial charge in [-0.05, 0) is 85.5 Å². The average molecular weight is 673 g/mol. The van der Waals surface area contributed by atoms with E-state index in [1.165, 1.54) is 30.4 Å². The first-order valence-electron chi connectivity index (χ1n) is 17.7. The maximum atomic E-state index is 14.8. The molecule has 5 aliphatic rings. The highest BCUT2D eigenvalue weighted by atomic mass is 32.2. The molecule has 8 rings (SSSR count). The van der Waals surface area contributed by atoms with Crippen molar-refractivity contribution in [3.8, 4) is 17.0 Å². The second-order valence-electron chi connectivity index (χ2n) is 16.5. The highest BCUT2D eigenvalue weighted by Gasteiger charge is 2.66. The number of aromatic nitrogens is 1. The average Bonchev–Trinajstić information content (AvgIpc) is 3.69. The quantitative estimate of drug-likeness (QED) is 0.352. The van der Waals surface area contributed by atoms with Gasteiger partial charge in [-0.15, -0.1) is 0 Å². The summed E-state index contributed by atoms with van der Waals surface area (Å²) in [5.41, 5.74) is 4.90. The molecular weight excluding hydrogens is 625 g/mol. The summed E-state index contributed by atoms with van der Waals surface area (Å²) < 4.78 is 36.3. The minimum absolute atomic E-state index is 0.0809. The summed E-state index contributed by atoms with van der Waals surface area (Å²) in [4.78, 5) is 32.9. The summed E-state index contributed by atoms with van der Waals surface area (Å²) in [7, 11) is -0.000136. The summed E-state index contributed by atoms with van der Waals surface area (Å²) in [6.45, 7) is 7.87. The fraction of sp³-hybridized carbons (Fsp3) is 0.579. The van der Waals surface area contributed by atoms with E-state index in [1.54, 1.807) is 13.2 Å². The number of piperazine rings is 1. The molecule has 2 aromatic carbocycles. The molecule has 48 heavy (non-hydrogen) atoms. The van der Waals surface area contributed by atoms with Gasteiger partial charge in [0, 0.05) is 59.7 Å². The smallest absolute Gasteiger partial charge is 0.264 e. The molecule has 3 aliphatic heterocycles. The van der Waals surface area contributed by atoms with E-state index in [1.807, 2.05) is 39.0 Å². The number of fused-ring (bicyclic) bond motifs is 9. The second-order valence-corrected chi connectivity index (χ2v) is 18.2. The van der Waals surface area contributed by atoms with Gasteiger partial charge in [0.15, 0.2) is 0 Å². The van der Waals surface area contributed by atoms with E-state index in [-0.39, 0.29) is 29.7 Å². The molecule has 4 unspecified atom stereocenters. The lowest BCUT2D eigenvalue weighted by Crippen LogP contribution is -2.70. The number of ether oxygens (including phenoxy) is 1. The van der Waals surface area contributed by atoms with Crippen molar-refractivity contribution in [3.63, 3.8) is 0 Å². The van der Waals surface area contributed by atoms with Gasteiger partial charge < -0.3 is 19.1 Å². The summed E-state index contributed by atoms with van der Waals surface area (Å²) in [6.07, 6.45) is 7.64. The molecule has 4 heterocycles. The third-order valence-corrected chi connectivity index (χ3v) is 13.4. The summed E-state index contributed by atoms with van der Waals surface area (Å²) in [5.74, 6) is 0.724. The Labute approximate surface area is 284 Å². The number of likely N-dealkylation sites (tertiary alicyclic amines) is 2. The summed E-state index contributed by atoms with van der Waals surface area (Å²) >= 11 is 0. The van der Waals surface area contributed by atoms with Crippen LogP contribution in [0.15, 0.2) is 36.4 Å². The number of carbonyl (C=O) groups excluding carboxylic acids is 2. The van der Waals surface area contributed by atoms with Crippen molar-refractivity contribution in [2.24, 2.45) is 10.8 Å². The Morgan fingerprint density at radius 1 is 1.02 bits per heavy atom. The number of sulfonamides is 1. The van der Waals surface area contributed by atoms with Crippen LogP contribution in [0, 0.1) is 10.8 Å². The zero-order valence-electron chi connectivity index (χ0n) is 28.8. The van der Waals surface area contributed by atoms with Crippen molar-refractivity contribution in [1.29, 1.82) is 0 Å². The zero-order chi connectivity index (χ0) is 33.7. The minimum atomic E-state index is -3.83. The summed E-state index contributed by atoms with van der Waals surface area (Å²) in [5, 5.41) is 1.09. The van der Waals surface area contributed by atoms with Crippen LogP contribution in [-0.2, 0) is 21.4 Å². The number of nitrogens with one attached hydrogen (secondary N) is 1. The molecule has 4 fully saturated rings. The number of carbonyl (C=O) groups is 2. The van der Waals surface area contributed by atoms with Crippen molar-refractivity contribution in [3.05, 3.63) is 53.1 Å².